The molecule has 0 fully saturated rings. The van der Waals surface area contributed by atoms with E-state index in [1.807, 2.05) is 11.8 Å². The molecule has 0 spiro atoms. The molecule has 0 aromatic heterocycles. The van der Waals surface area contributed by atoms with Gasteiger partial charge < -0.3 is 4.90 Å². The van der Waals surface area contributed by atoms with Crippen molar-refractivity contribution in [1.82, 2.24) is 4.90 Å². The molecule has 4 aliphatic rings. The third-order valence-corrected chi connectivity index (χ3v) is 5.00. The van der Waals surface area contributed by atoms with Crippen LogP contribution >= 0.6 is 11.8 Å². The molecular weight excluding hydrogens is 264 g/mol. The van der Waals surface area contributed by atoms with Crippen molar-refractivity contribution in [2.75, 3.05) is 13.1 Å². The second-order valence-electron chi connectivity index (χ2n) is 5.29. The van der Waals surface area contributed by atoms with Crippen molar-refractivity contribution >= 4 is 21.8 Å². The van der Waals surface area contributed by atoms with Crippen LogP contribution < -0.4 is 0 Å². The van der Waals surface area contributed by atoms with Crippen molar-refractivity contribution in [1.29, 1.82) is 0 Å². The van der Waals surface area contributed by atoms with E-state index in [-0.39, 0.29) is 0 Å². The summed E-state index contributed by atoms with van der Waals surface area (Å²) in [5.74, 6) is 0. The summed E-state index contributed by atoms with van der Waals surface area (Å²) in [5.41, 5.74) is 5.38. The van der Waals surface area contributed by atoms with Gasteiger partial charge in [-0.1, -0.05) is 30.3 Å². The van der Waals surface area contributed by atoms with Crippen LogP contribution in [0.1, 0.15) is 17.5 Å². The van der Waals surface area contributed by atoms with Gasteiger partial charge >= 0.3 is 0 Å². The van der Waals surface area contributed by atoms with Crippen LogP contribution in [0.2, 0.25) is 0 Å². The summed E-state index contributed by atoms with van der Waals surface area (Å²) in [7, 11) is 0. The third kappa shape index (κ3) is 1.85. The highest BCUT2D eigenvalue weighted by Gasteiger charge is 2.26. The zero-order valence-electron chi connectivity index (χ0n) is 11.5. The Hall–Kier alpha value is -1.74. The van der Waals surface area contributed by atoms with Crippen LogP contribution in [0.15, 0.2) is 47.6 Å². The Kier molecular flexibility index (Phi) is 2.81. The topological polar surface area (TPSA) is 15.6 Å². The summed E-state index contributed by atoms with van der Waals surface area (Å²) in [6.45, 7) is 4.26. The van der Waals surface area contributed by atoms with Gasteiger partial charge in [-0.25, -0.2) is 0 Å². The lowest BCUT2D eigenvalue weighted by Gasteiger charge is -2.19. The molecule has 2 heterocycles. The van der Waals surface area contributed by atoms with Crippen LogP contribution in [0.4, 0.5) is 0 Å². The molecule has 0 bridgehead atoms. The molecule has 2 aliphatic carbocycles. The predicted molar refractivity (Wildman–Crippen MR) is 87.0 cm³/mol. The average Bonchev–Trinajstić information content (AvgIpc) is 2.91. The fourth-order valence-corrected chi connectivity index (χ4v) is 3.98. The van der Waals surface area contributed by atoms with Crippen LogP contribution in [0.25, 0.3) is 16.0 Å². The molecule has 0 atom stereocenters. The van der Waals surface area contributed by atoms with Crippen molar-refractivity contribution in [2.45, 2.75) is 13.3 Å². The largest absolute Gasteiger partial charge is 0.326 e. The molecule has 0 aromatic rings. The smallest absolute Gasteiger partial charge is 0.168 e. The number of fused-ring (bicyclic) bond motifs is 2. The Morgan fingerprint density at radius 3 is 2.80 bits per heavy atom. The summed E-state index contributed by atoms with van der Waals surface area (Å²) in [6, 6.07) is 13.1. The number of rotatable bonds is 1. The predicted octanol–water partition coefficient (Wildman–Crippen LogP) is 4.21. The number of amidine groups is 1. The second kappa shape index (κ2) is 4.67. The van der Waals surface area contributed by atoms with Crippen molar-refractivity contribution < 1.29 is 0 Å². The first-order valence-electron chi connectivity index (χ1n) is 7.02. The maximum absolute atomic E-state index is 4.62. The summed E-state index contributed by atoms with van der Waals surface area (Å²) >= 11 is 1.81. The van der Waals surface area contributed by atoms with E-state index < -0.39 is 0 Å². The van der Waals surface area contributed by atoms with Gasteiger partial charge in [0.1, 0.15) is 0 Å². The van der Waals surface area contributed by atoms with Gasteiger partial charge in [-0.2, -0.15) is 0 Å². The molecule has 20 heavy (non-hydrogen) atoms. The Labute approximate surface area is 123 Å². The summed E-state index contributed by atoms with van der Waals surface area (Å²) < 4.78 is 0. The molecule has 0 radical (unpaired) electrons. The van der Waals surface area contributed by atoms with Crippen LogP contribution in [0, 0.1) is 6.92 Å². The number of hydrogen-bond donors (Lipinski definition) is 0. The number of thioether (sulfide) groups is 1. The fourth-order valence-electron chi connectivity index (χ4n) is 2.91. The maximum Gasteiger partial charge on any atom is 0.168 e. The molecule has 0 N–H and O–H groups in total. The van der Waals surface area contributed by atoms with Gasteiger partial charge in [0.2, 0.25) is 0 Å². The fraction of sp³-hybridized carbons (Fsp3) is 0.235. The van der Waals surface area contributed by atoms with Crippen molar-refractivity contribution in [3.05, 3.63) is 53.7 Å². The van der Waals surface area contributed by atoms with Crippen LogP contribution in [-0.4, -0.2) is 23.2 Å². The van der Waals surface area contributed by atoms with E-state index in [0.717, 1.165) is 19.5 Å². The SMILES string of the molecule is Cc1cc(C2=CN3CCCN=C3S2)c2cccccc1-2. The number of hydrogen-bond acceptors (Lipinski definition) is 3. The number of nitrogens with zero attached hydrogens (tertiary/aromatic N) is 2. The zero-order valence-corrected chi connectivity index (χ0v) is 12.3. The standard InChI is InChI=1S/C17H16N2S/c1-12-10-15(14-7-4-2-3-6-13(12)14)16-11-19-9-5-8-18-17(19)20-16/h2-4,6-7,10-11H,5,8-9H2,1H3. The highest BCUT2D eigenvalue weighted by Crippen LogP contribution is 2.44. The number of aryl methyl sites for hydroxylation is 1. The van der Waals surface area contributed by atoms with Gasteiger partial charge in [0, 0.05) is 24.2 Å². The molecule has 100 valence electrons. The van der Waals surface area contributed by atoms with E-state index in [2.05, 4.69) is 59.4 Å². The maximum atomic E-state index is 4.62. The lowest BCUT2D eigenvalue weighted by atomic mass is 10.1. The van der Waals surface area contributed by atoms with E-state index in [0.29, 0.717) is 0 Å². The van der Waals surface area contributed by atoms with E-state index in [9.17, 15) is 0 Å². The van der Waals surface area contributed by atoms with Gasteiger partial charge in [-0.05, 0) is 53.4 Å². The van der Waals surface area contributed by atoms with E-state index in [1.165, 1.54) is 32.3 Å². The Morgan fingerprint density at radius 1 is 1.10 bits per heavy atom. The van der Waals surface area contributed by atoms with E-state index >= 15 is 0 Å². The van der Waals surface area contributed by atoms with E-state index in [4.69, 9.17) is 0 Å². The summed E-state index contributed by atoms with van der Waals surface area (Å²) in [4.78, 5) is 8.24. The molecular formula is C17H16N2S. The van der Waals surface area contributed by atoms with E-state index in [1.54, 1.807) is 0 Å². The molecule has 0 saturated heterocycles. The molecule has 3 heteroatoms. The molecule has 2 aliphatic heterocycles. The minimum Gasteiger partial charge on any atom is -0.326 e. The quantitative estimate of drug-likeness (QED) is 0.777. The molecule has 0 amide bonds. The van der Waals surface area contributed by atoms with Gasteiger partial charge in [0.05, 0.1) is 0 Å². The van der Waals surface area contributed by atoms with Gasteiger partial charge in [0.25, 0.3) is 0 Å². The van der Waals surface area contributed by atoms with Crippen molar-refractivity contribution in [3.63, 3.8) is 0 Å². The zero-order chi connectivity index (χ0) is 13.5. The second-order valence-corrected chi connectivity index (χ2v) is 6.29. The first-order chi connectivity index (χ1) is 9.83. The van der Waals surface area contributed by atoms with Crippen molar-refractivity contribution in [3.8, 4) is 11.1 Å². The summed E-state index contributed by atoms with van der Waals surface area (Å²) in [5, 5.41) is 1.17. The minimum atomic E-state index is 0.968. The number of aliphatic imine (C=N–C) groups is 1. The lowest BCUT2D eigenvalue weighted by Crippen LogP contribution is -2.25. The van der Waals surface area contributed by atoms with Gasteiger partial charge in [0.15, 0.2) is 5.17 Å². The monoisotopic (exact) mass is 280 g/mol. The van der Waals surface area contributed by atoms with Gasteiger partial charge in [-0.15, -0.1) is 0 Å². The Bertz CT molecular complexity index is 702. The molecule has 4 rings (SSSR count). The normalized spacial score (nSPS) is 17.9. The van der Waals surface area contributed by atoms with Crippen LogP contribution in [-0.2, 0) is 0 Å². The highest BCUT2D eigenvalue weighted by molar-refractivity contribution is 8.22. The Balaban J connectivity index is 1.82. The van der Waals surface area contributed by atoms with Crippen molar-refractivity contribution in [2.24, 2.45) is 4.99 Å². The van der Waals surface area contributed by atoms with Crippen LogP contribution in [0.5, 0.6) is 0 Å². The highest BCUT2D eigenvalue weighted by atomic mass is 32.2. The van der Waals surface area contributed by atoms with Gasteiger partial charge in [-0.3, -0.25) is 4.99 Å². The first kappa shape index (κ1) is 12.0. The van der Waals surface area contributed by atoms with Crippen LogP contribution in [0.3, 0.4) is 0 Å². The molecule has 2 nitrogen and oxygen atoms in total. The lowest BCUT2D eigenvalue weighted by molar-refractivity contribution is 0.524. The first-order valence-corrected chi connectivity index (χ1v) is 7.84. The molecule has 0 saturated carbocycles. The Morgan fingerprint density at radius 2 is 1.95 bits per heavy atom. The minimum absolute atomic E-state index is 0.968. The third-order valence-electron chi connectivity index (χ3n) is 3.90. The average molecular weight is 280 g/mol. The summed E-state index contributed by atoms with van der Waals surface area (Å²) in [6.07, 6.45) is 3.42. The molecule has 0 unspecified atom stereocenters. The molecule has 0 aromatic carbocycles.